The highest BCUT2D eigenvalue weighted by Crippen LogP contribution is 1.97. The van der Waals surface area contributed by atoms with E-state index in [9.17, 15) is 9.70 Å². The second-order valence-corrected chi connectivity index (χ2v) is 1.34. The summed E-state index contributed by atoms with van der Waals surface area (Å²) in [6.07, 6.45) is 1.31. The van der Waals surface area contributed by atoms with Crippen molar-refractivity contribution in [3.8, 4) is 0 Å². The zero-order valence-electron chi connectivity index (χ0n) is 4.37. The summed E-state index contributed by atoms with van der Waals surface area (Å²) < 4.78 is 0. The van der Waals surface area contributed by atoms with E-state index in [1.165, 1.54) is 12.3 Å². The van der Waals surface area contributed by atoms with Gasteiger partial charge in [0.25, 0.3) is 0 Å². The van der Waals surface area contributed by atoms with Crippen molar-refractivity contribution in [3.63, 3.8) is 0 Å². The molecular formula is C4H3N3O2. The number of nitrogens with one attached hydrogen (secondary N) is 1. The van der Waals surface area contributed by atoms with Crippen LogP contribution in [-0.4, -0.2) is 9.97 Å². The highest BCUT2D eigenvalue weighted by Gasteiger charge is 1.89. The van der Waals surface area contributed by atoms with E-state index in [0.717, 1.165) is 0 Å². The van der Waals surface area contributed by atoms with Crippen molar-refractivity contribution in [3.05, 3.63) is 27.7 Å². The van der Waals surface area contributed by atoms with E-state index in [-0.39, 0.29) is 5.82 Å². The average molecular weight is 125 g/mol. The molecule has 1 rings (SSSR count). The SMILES string of the molecule is O=Nc1cc[nH]c(=O)n1. The molecule has 46 valence electrons. The Balaban J connectivity index is 3.23. The van der Waals surface area contributed by atoms with Gasteiger partial charge in [0.1, 0.15) is 0 Å². The number of hydrogen-bond acceptors (Lipinski definition) is 4. The van der Waals surface area contributed by atoms with Crippen molar-refractivity contribution in [1.29, 1.82) is 0 Å². The fraction of sp³-hybridized carbons (Fsp3) is 0. The van der Waals surface area contributed by atoms with Crippen LogP contribution in [0.25, 0.3) is 0 Å². The number of aromatic amines is 1. The van der Waals surface area contributed by atoms with E-state index in [1.807, 2.05) is 0 Å². The largest absolute Gasteiger partial charge is 0.347 e. The first kappa shape index (κ1) is 5.61. The van der Waals surface area contributed by atoms with Crippen LogP contribution >= 0.6 is 0 Å². The van der Waals surface area contributed by atoms with Crippen LogP contribution in [0.1, 0.15) is 0 Å². The van der Waals surface area contributed by atoms with Gasteiger partial charge in [-0.25, -0.2) is 4.79 Å². The van der Waals surface area contributed by atoms with Gasteiger partial charge in [0.05, 0.1) is 0 Å². The lowest BCUT2D eigenvalue weighted by atomic mass is 10.6. The standard InChI is InChI=1S/C4H3N3O2/c8-4-5-2-1-3(6-4)7-9/h1-2H,(H,5,6,8). The normalized spacial score (nSPS) is 8.89. The number of hydrogen-bond donors (Lipinski definition) is 1. The highest BCUT2D eigenvalue weighted by molar-refractivity contribution is 5.21. The summed E-state index contributed by atoms with van der Waals surface area (Å²) in [7, 11) is 0. The van der Waals surface area contributed by atoms with Gasteiger partial charge < -0.3 is 4.98 Å². The number of rotatable bonds is 1. The molecule has 0 spiro atoms. The Kier molecular flexibility index (Phi) is 1.35. The fourth-order valence-corrected chi connectivity index (χ4v) is 0.412. The maximum absolute atomic E-state index is 10.3. The molecule has 0 atom stereocenters. The first-order valence-corrected chi connectivity index (χ1v) is 2.22. The Morgan fingerprint density at radius 3 is 2.89 bits per heavy atom. The lowest BCUT2D eigenvalue weighted by Crippen LogP contribution is -2.06. The van der Waals surface area contributed by atoms with Gasteiger partial charge in [-0.15, -0.1) is 4.91 Å². The lowest BCUT2D eigenvalue weighted by Gasteiger charge is -1.80. The molecule has 5 heteroatoms. The van der Waals surface area contributed by atoms with Gasteiger partial charge in [-0.05, 0) is 5.18 Å². The summed E-state index contributed by atoms with van der Waals surface area (Å²) >= 11 is 0. The third kappa shape index (κ3) is 1.18. The molecule has 0 aliphatic heterocycles. The van der Waals surface area contributed by atoms with E-state index >= 15 is 0 Å². The fourth-order valence-electron chi connectivity index (χ4n) is 0.412. The van der Waals surface area contributed by atoms with Crippen molar-refractivity contribution in [2.75, 3.05) is 0 Å². The van der Waals surface area contributed by atoms with Crippen molar-refractivity contribution in [2.45, 2.75) is 0 Å². The minimum Gasteiger partial charge on any atom is -0.313 e. The molecule has 0 fully saturated rings. The van der Waals surface area contributed by atoms with Crippen LogP contribution in [-0.2, 0) is 0 Å². The van der Waals surface area contributed by atoms with Crippen LogP contribution in [0.5, 0.6) is 0 Å². The molecule has 1 aromatic rings. The molecular weight excluding hydrogens is 122 g/mol. The molecule has 9 heavy (non-hydrogen) atoms. The van der Waals surface area contributed by atoms with Crippen LogP contribution in [0.3, 0.4) is 0 Å². The summed E-state index contributed by atoms with van der Waals surface area (Å²) in [6.45, 7) is 0. The summed E-state index contributed by atoms with van der Waals surface area (Å²) in [5, 5.41) is 2.45. The molecule has 0 aliphatic carbocycles. The van der Waals surface area contributed by atoms with Gasteiger partial charge in [-0.3, -0.25) is 0 Å². The van der Waals surface area contributed by atoms with E-state index in [4.69, 9.17) is 0 Å². The summed E-state index contributed by atoms with van der Waals surface area (Å²) in [6, 6.07) is 1.31. The molecule has 1 heterocycles. The van der Waals surface area contributed by atoms with Gasteiger partial charge >= 0.3 is 5.69 Å². The predicted octanol–water partition coefficient (Wildman–Crippen LogP) is 0.168. The van der Waals surface area contributed by atoms with Gasteiger partial charge in [0.15, 0.2) is 0 Å². The molecule has 0 saturated carbocycles. The number of aromatic nitrogens is 2. The Labute approximate surface area is 49.7 Å². The maximum Gasteiger partial charge on any atom is 0.347 e. The van der Waals surface area contributed by atoms with Crippen LogP contribution < -0.4 is 5.69 Å². The van der Waals surface area contributed by atoms with Gasteiger partial charge in [0, 0.05) is 12.3 Å². The first-order chi connectivity index (χ1) is 4.33. The molecule has 1 N–H and O–H groups in total. The van der Waals surface area contributed by atoms with Gasteiger partial charge in [-0.1, -0.05) is 0 Å². The Hall–Kier alpha value is -1.52. The minimum atomic E-state index is -0.563. The smallest absolute Gasteiger partial charge is 0.313 e. The Morgan fingerprint density at radius 1 is 1.67 bits per heavy atom. The molecule has 0 aromatic carbocycles. The van der Waals surface area contributed by atoms with E-state index in [1.54, 1.807) is 0 Å². The van der Waals surface area contributed by atoms with Gasteiger partial charge in [-0.2, -0.15) is 4.98 Å². The molecule has 0 aliphatic rings. The third-order valence-electron chi connectivity index (χ3n) is 0.749. The quantitative estimate of drug-likeness (QED) is 0.543. The zero-order valence-corrected chi connectivity index (χ0v) is 4.37. The van der Waals surface area contributed by atoms with Crippen LogP contribution in [0, 0.1) is 4.91 Å². The van der Waals surface area contributed by atoms with Crippen molar-refractivity contribution < 1.29 is 0 Å². The molecule has 0 bridgehead atoms. The van der Waals surface area contributed by atoms with Crippen molar-refractivity contribution in [1.82, 2.24) is 9.97 Å². The van der Waals surface area contributed by atoms with E-state index in [0.29, 0.717) is 0 Å². The molecule has 0 amide bonds. The minimum absolute atomic E-state index is 0.0984. The monoisotopic (exact) mass is 125 g/mol. The summed E-state index contributed by atoms with van der Waals surface area (Å²) in [4.78, 5) is 25.4. The number of H-pyrrole nitrogens is 1. The molecule has 0 saturated heterocycles. The van der Waals surface area contributed by atoms with E-state index in [2.05, 4.69) is 15.1 Å². The highest BCUT2D eigenvalue weighted by atomic mass is 16.3. The number of nitrogens with zero attached hydrogens (tertiary/aromatic N) is 2. The van der Waals surface area contributed by atoms with E-state index < -0.39 is 5.69 Å². The molecule has 5 nitrogen and oxygen atoms in total. The summed E-state index contributed by atoms with van der Waals surface area (Å²) in [5.74, 6) is -0.0984. The van der Waals surface area contributed by atoms with Crippen molar-refractivity contribution >= 4 is 5.82 Å². The lowest BCUT2D eigenvalue weighted by molar-refractivity contribution is 1.06. The molecule has 1 aromatic heterocycles. The molecule has 0 unspecified atom stereocenters. The van der Waals surface area contributed by atoms with Crippen LogP contribution in [0.2, 0.25) is 0 Å². The Bertz CT molecular complexity index is 267. The molecule has 0 radical (unpaired) electrons. The zero-order chi connectivity index (χ0) is 6.69. The topological polar surface area (TPSA) is 75.2 Å². The number of nitroso groups, excluding NO2 is 1. The first-order valence-electron chi connectivity index (χ1n) is 2.22. The van der Waals surface area contributed by atoms with Crippen LogP contribution in [0.4, 0.5) is 5.82 Å². The average Bonchev–Trinajstić information content (AvgIpc) is 1.88. The van der Waals surface area contributed by atoms with Crippen molar-refractivity contribution in [2.24, 2.45) is 5.18 Å². The second-order valence-electron chi connectivity index (χ2n) is 1.34. The predicted molar refractivity (Wildman–Crippen MR) is 30.3 cm³/mol. The third-order valence-corrected chi connectivity index (χ3v) is 0.749. The van der Waals surface area contributed by atoms with Crippen LogP contribution in [0.15, 0.2) is 22.2 Å². The van der Waals surface area contributed by atoms with Gasteiger partial charge in [0.2, 0.25) is 5.82 Å². The maximum atomic E-state index is 10.3. The Morgan fingerprint density at radius 2 is 2.44 bits per heavy atom. The second kappa shape index (κ2) is 2.17. The summed E-state index contributed by atoms with van der Waals surface area (Å²) in [5.41, 5.74) is -0.563.